The lowest BCUT2D eigenvalue weighted by molar-refractivity contribution is -0.142. The topological polar surface area (TPSA) is 73.2 Å². The first kappa shape index (κ1) is 11.9. The molecule has 2 saturated heterocycles. The fraction of sp³-hybridized carbons (Fsp3) is 0.750. The van der Waals surface area contributed by atoms with E-state index in [2.05, 4.69) is 5.32 Å². The summed E-state index contributed by atoms with van der Waals surface area (Å²) in [6.45, 7) is 4.43. The fourth-order valence-electron chi connectivity index (χ4n) is 2.61. The number of fused-ring (bicyclic) bond motifs is 1. The number of likely N-dealkylation sites (tertiary alicyclic amines) is 1. The molecule has 0 aromatic rings. The number of piperidine rings is 1. The van der Waals surface area contributed by atoms with E-state index >= 15 is 0 Å². The third kappa shape index (κ3) is 1.88. The van der Waals surface area contributed by atoms with Crippen molar-refractivity contribution < 1.29 is 9.59 Å². The van der Waals surface area contributed by atoms with Gasteiger partial charge in [0.25, 0.3) is 0 Å². The smallest absolute Gasteiger partial charge is 0.242 e. The largest absolute Gasteiger partial charge is 0.354 e. The van der Waals surface area contributed by atoms with Gasteiger partial charge in [-0.15, -0.1) is 0 Å². The third-order valence-electron chi connectivity index (χ3n) is 3.68. The Morgan fingerprint density at radius 1 is 1.59 bits per heavy atom. The highest BCUT2D eigenvalue weighted by molar-refractivity contribution is 5.88. The molecule has 2 rings (SSSR count). The van der Waals surface area contributed by atoms with Crippen molar-refractivity contribution in [2.24, 2.45) is 11.3 Å². The van der Waals surface area contributed by atoms with E-state index in [4.69, 9.17) is 5.26 Å². The molecule has 2 aliphatic rings. The van der Waals surface area contributed by atoms with Gasteiger partial charge in [-0.25, -0.2) is 0 Å². The van der Waals surface area contributed by atoms with Crippen molar-refractivity contribution in [2.45, 2.75) is 32.7 Å². The van der Waals surface area contributed by atoms with Crippen molar-refractivity contribution in [1.29, 1.82) is 5.26 Å². The molecule has 5 nitrogen and oxygen atoms in total. The molecule has 2 amide bonds. The predicted molar refractivity (Wildman–Crippen MR) is 60.6 cm³/mol. The van der Waals surface area contributed by atoms with Gasteiger partial charge in [-0.05, 0) is 26.7 Å². The van der Waals surface area contributed by atoms with Crippen LogP contribution in [0, 0.1) is 22.7 Å². The molecule has 0 saturated carbocycles. The van der Waals surface area contributed by atoms with E-state index in [0.717, 1.165) is 12.8 Å². The van der Waals surface area contributed by atoms with Gasteiger partial charge in [-0.2, -0.15) is 5.26 Å². The van der Waals surface area contributed by atoms with Crippen LogP contribution in [-0.4, -0.2) is 35.8 Å². The molecule has 2 aliphatic heterocycles. The highest BCUT2D eigenvalue weighted by Crippen LogP contribution is 2.30. The predicted octanol–water partition coefficient (Wildman–Crippen LogP) is 0.273. The van der Waals surface area contributed by atoms with Crippen molar-refractivity contribution in [2.75, 3.05) is 13.1 Å². The van der Waals surface area contributed by atoms with Gasteiger partial charge < -0.3 is 10.2 Å². The summed E-state index contributed by atoms with van der Waals surface area (Å²) in [6.07, 6.45) is 1.68. The summed E-state index contributed by atoms with van der Waals surface area (Å²) in [4.78, 5) is 25.6. The zero-order valence-corrected chi connectivity index (χ0v) is 10.2. The highest BCUT2D eigenvalue weighted by Gasteiger charge is 2.45. The van der Waals surface area contributed by atoms with Crippen LogP contribution < -0.4 is 5.32 Å². The molecule has 0 aromatic heterocycles. The molecule has 0 aromatic carbocycles. The number of carbonyl (C=O) groups is 2. The minimum Gasteiger partial charge on any atom is -0.354 e. The van der Waals surface area contributed by atoms with E-state index < -0.39 is 5.41 Å². The zero-order valence-electron chi connectivity index (χ0n) is 10.2. The van der Waals surface area contributed by atoms with Gasteiger partial charge in [0.1, 0.15) is 5.41 Å². The van der Waals surface area contributed by atoms with Crippen molar-refractivity contribution in [3.05, 3.63) is 0 Å². The highest BCUT2D eigenvalue weighted by atomic mass is 16.2. The lowest BCUT2D eigenvalue weighted by Gasteiger charge is -2.38. The Morgan fingerprint density at radius 2 is 2.29 bits per heavy atom. The summed E-state index contributed by atoms with van der Waals surface area (Å²) in [5.41, 5.74) is -1.01. The second-order valence-corrected chi connectivity index (χ2v) is 5.30. The van der Waals surface area contributed by atoms with Crippen molar-refractivity contribution in [1.82, 2.24) is 10.2 Å². The monoisotopic (exact) mass is 235 g/mol. The minimum absolute atomic E-state index is 0.0438. The van der Waals surface area contributed by atoms with Crippen LogP contribution in [0.15, 0.2) is 0 Å². The van der Waals surface area contributed by atoms with Crippen molar-refractivity contribution in [3.8, 4) is 6.07 Å². The number of carbonyl (C=O) groups excluding carboxylic acids is 2. The van der Waals surface area contributed by atoms with E-state index in [0.29, 0.717) is 13.1 Å². The van der Waals surface area contributed by atoms with Crippen LogP contribution in [0.1, 0.15) is 26.7 Å². The van der Waals surface area contributed by atoms with Gasteiger partial charge in [0, 0.05) is 13.1 Å². The van der Waals surface area contributed by atoms with Crippen LogP contribution in [0.4, 0.5) is 0 Å². The standard InChI is InChI=1S/C12H17N3O2/c1-12(2,7-13)11(17)15-5-3-4-8-9(15)6-14-10(8)16/h8-9H,3-6H2,1-2H3,(H,14,16). The average Bonchev–Trinajstić information content (AvgIpc) is 2.70. The molecule has 0 spiro atoms. The summed E-state index contributed by atoms with van der Waals surface area (Å²) in [7, 11) is 0. The Hall–Kier alpha value is -1.57. The maximum Gasteiger partial charge on any atom is 0.242 e. The van der Waals surface area contributed by atoms with Crippen LogP contribution in [0.5, 0.6) is 0 Å². The van der Waals surface area contributed by atoms with Crippen LogP contribution >= 0.6 is 0 Å². The molecule has 2 fully saturated rings. The van der Waals surface area contributed by atoms with Gasteiger partial charge in [0.15, 0.2) is 0 Å². The van der Waals surface area contributed by atoms with Crippen molar-refractivity contribution in [3.63, 3.8) is 0 Å². The van der Waals surface area contributed by atoms with E-state index in [9.17, 15) is 9.59 Å². The summed E-state index contributed by atoms with van der Waals surface area (Å²) >= 11 is 0. The second kappa shape index (κ2) is 4.02. The molecular weight excluding hydrogens is 218 g/mol. The Morgan fingerprint density at radius 3 is 2.94 bits per heavy atom. The molecule has 0 bridgehead atoms. The quantitative estimate of drug-likeness (QED) is 0.709. The molecule has 1 N–H and O–H groups in total. The fourth-order valence-corrected chi connectivity index (χ4v) is 2.61. The first-order chi connectivity index (χ1) is 7.97. The lowest BCUT2D eigenvalue weighted by Crippen LogP contribution is -2.52. The van der Waals surface area contributed by atoms with E-state index in [-0.39, 0.29) is 23.8 Å². The van der Waals surface area contributed by atoms with Gasteiger partial charge in [0.2, 0.25) is 11.8 Å². The molecule has 5 heteroatoms. The first-order valence-corrected chi connectivity index (χ1v) is 5.97. The molecule has 2 heterocycles. The molecular formula is C12H17N3O2. The van der Waals surface area contributed by atoms with Crippen LogP contribution in [0.25, 0.3) is 0 Å². The van der Waals surface area contributed by atoms with Crippen molar-refractivity contribution >= 4 is 11.8 Å². The van der Waals surface area contributed by atoms with Gasteiger partial charge in [0.05, 0.1) is 18.0 Å². The number of nitrogens with one attached hydrogen (secondary N) is 1. The minimum atomic E-state index is -1.01. The van der Waals surface area contributed by atoms with Crippen LogP contribution in [0.3, 0.4) is 0 Å². The number of nitrogens with zero attached hydrogens (tertiary/aromatic N) is 2. The molecule has 0 aliphatic carbocycles. The number of nitriles is 1. The van der Waals surface area contributed by atoms with Gasteiger partial charge in [-0.3, -0.25) is 9.59 Å². The molecule has 2 unspecified atom stereocenters. The van der Waals surface area contributed by atoms with E-state index in [1.54, 1.807) is 18.7 Å². The molecule has 92 valence electrons. The van der Waals surface area contributed by atoms with E-state index in [1.165, 1.54) is 0 Å². The number of amides is 2. The Labute approximate surface area is 101 Å². The first-order valence-electron chi connectivity index (χ1n) is 5.97. The summed E-state index contributed by atoms with van der Waals surface area (Å²) in [5, 5.41) is 11.8. The van der Waals surface area contributed by atoms with E-state index in [1.807, 2.05) is 6.07 Å². The zero-order chi connectivity index (χ0) is 12.6. The maximum atomic E-state index is 12.3. The average molecular weight is 235 g/mol. The number of rotatable bonds is 1. The third-order valence-corrected chi connectivity index (χ3v) is 3.68. The number of hydrogen-bond donors (Lipinski definition) is 1. The van der Waals surface area contributed by atoms with Crippen LogP contribution in [0.2, 0.25) is 0 Å². The summed E-state index contributed by atoms with van der Waals surface area (Å²) in [6, 6.07) is 1.97. The van der Waals surface area contributed by atoms with Crippen LogP contribution in [-0.2, 0) is 9.59 Å². The lowest BCUT2D eigenvalue weighted by atomic mass is 9.87. The second-order valence-electron chi connectivity index (χ2n) is 5.30. The maximum absolute atomic E-state index is 12.3. The summed E-state index contributed by atoms with van der Waals surface area (Å²) in [5.74, 6) is -0.198. The Kier molecular flexibility index (Phi) is 2.82. The van der Waals surface area contributed by atoms with Gasteiger partial charge in [-0.1, -0.05) is 0 Å². The Balaban J connectivity index is 2.19. The normalized spacial score (nSPS) is 28.3. The Bertz CT molecular complexity index is 397. The molecule has 0 radical (unpaired) electrons. The van der Waals surface area contributed by atoms with Gasteiger partial charge >= 0.3 is 0 Å². The summed E-state index contributed by atoms with van der Waals surface area (Å²) < 4.78 is 0. The molecule has 2 atom stereocenters. The number of hydrogen-bond acceptors (Lipinski definition) is 3. The SMILES string of the molecule is CC(C)(C#N)C(=O)N1CCCC2C(=O)NCC21. The molecule has 17 heavy (non-hydrogen) atoms.